The minimum atomic E-state index is -2.16. The highest BCUT2D eigenvalue weighted by Crippen LogP contribution is 2.32. The van der Waals surface area contributed by atoms with Gasteiger partial charge in [-0.25, -0.2) is 0 Å². The number of ether oxygens (including phenoxy) is 1. The van der Waals surface area contributed by atoms with E-state index < -0.39 is 5.97 Å². The van der Waals surface area contributed by atoms with Gasteiger partial charge in [0.2, 0.25) is 0 Å². The molecule has 0 saturated heterocycles. The Hall–Kier alpha value is -1.84. The second-order valence-electron chi connectivity index (χ2n) is 5.55. The van der Waals surface area contributed by atoms with Crippen LogP contribution < -0.4 is 4.74 Å². The van der Waals surface area contributed by atoms with Crippen LogP contribution in [-0.4, -0.2) is 16.2 Å². The summed E-state index contributed by atoms with van der Waals surface area (Å²) in [5, 5.41) is 18.4. The van der Waals surface area contributed by atoms with Crippen molar-refractivity contribution in [2.75, 3.05) is 0 Å². The molecule has 2 aromatic rings. The number of hydrogen-bond donors (Lipinski definition) is 2. The molecular formula is C17H20O3. The highest BCUT2D eigenvalue weighted by molar-refractivity contribution is 5.39. The molecule has 0 radical (unpaired) electrons. The molecule has 0 amide bonds. The van der Waals surface area contributed by atoms with Crippen molar-refractivity contribution in [3.63, 3.8) is 0 Å². The molecule has 3 nitrogen and oxygen atoms in total. The summed E-state index contributed by atoms with van der Waals surface area (Å²) in [6.45, 7) is 5.48. The van der Waals surface area contributed by atoms with Gasteiger partial charge >= 0.3 is 5.97 Å². The Balaban J connectivity index is 2.26. The molecule has 0 fully saturated rings. The van der Waals surface area contributed by atoms with E-state index in [1.807, 2.05) is 30.3 Å². The molecule has 2 N–H and O–H groups in total. The fourth-order valence-electron chi connectivity index (χ4n) is 2.18. The first-order valence-corrected chi connectivity index (χ1v) is 6.59. The molecule has 0 saturated carbocycles. The van der Waals surface area contributed by atoms with Gasteiger partial charge in [-0.05, 0) is 23.3 Å². The Labute approximate surface area is 119 Å². The summed E-state index contributed by atoms with van der Waals surface area (Å²) in [5.41, 5.74) is 2.23. The van der Waals surface area contributed by atoms with Crippen LogP contribution >= 0.6 is 0 Å². The van der Waals surface area contributed by atoms with Crippen molar-refractivity contribution in [2.24, 2.45) is 0 Å². The summed E-state index contributed by atoms with van der Waals surface area (Å²) in [7, 11) is 0. The molecule has 0 aliphatic rings. The molecule has 0 aliphatic heterocycles. The van der Waals surface area contributed by atoms with Gasteiger partial charge in [0.05, 0.1) is 0 Å². The first-order valence-electron chi connectivity index (χ1n) is 6.59. The van der Waals surface area contributed by atoms with Crippen molar-refractivity contribution >= 4 is 0 Å². The van der Waals surface area contributed by atoms with Gasteiger partial charge < -0.3 is 14.9 Å². The van der Waals surface area contributed by atoms with E-state index in [1.165, 1.54) is 12.5 Å². The molecule has 106 valence electrons. The number of hydrogen-bond acceptors (Lipinski definition) is 3. The Morgan fingerprint density at radius 2 is 1.25 bits per heavy atom. The van der Waals surface area contributed by atoms with Crippen LogP contribution in [0.25, 0.3) is 0 Å². The third kappa shape index (κ3) is 3.38. The first-order chi connectivity index (χ1) is 9.29. The largest absolute Gasteiger partial charge is 0.439 e. The molecule has 3 heteroatoms. The van der Waals surface area contributed by atoms with Crippen LogP contribution in [0.3, 0.4) is 0 Å². The molecule has 0 atom stereocenters. The third-order valence-electron chi connectivity index (χ3n) is 3.38. The summed E-state index contributed by atoms with van der Waals surface area (Å²) in [6, 6.07) is 17.6. The van der Waals surface area contributed by atoms with E-state index in [1.54, 1.807) is 12.1 Å². The molecule has 0 spiro atoms. The van der Waals surface area contributed by atoms with Gasteiger partial charge in [0, 0.05) is 12.3 Å². The van der Waals surface area contributed by atoms with Crippen LogP contribution in [0, 0.1) is 0 Å². The highest BCUT2D eigenvalue weighted by Gasteiger charge is 2.23. The van der Waals surface area contributed by atoms with Crippen LogP contribution in [-0.2, 0) is 5.41 Å². The predicted molar refractivity (Wildman–Crippen MR) is 78.5 cm³/mol. The Morgan fingerprint density at radius 3 is 1.75 bits per heavy atom. The van der Waals surface area contributed by atoms with Gasteiger partial charge in [0.25, 0.3) is 0 Å². The second kappa shape index (κ2) is 5.27. The summed E-state index contributed by atoms with van der Waals surface area (Å²) in [5.74, 6) is -1.73. The standard InChI is InChI=1S/C17H20O3/c1-16(2,13-7-5-4-6-8-13)14-9-11-15(12-10-14)20-17(3,18)19/h4-12,18-19H,1-3H3. The minimum Gasteiger partial charge on any atom is -0.439 e. The zero-order chi connectivity index (χ0) is 14.8. The lowest BCUT2D eigenvalue weighted by molar-refractivity contribution is -0.277. The van der Waals surface area contributed by atoms with E-state index in [2.05, 4.69) is 26.0 Å². The summed E-state index contributed by atoms with van der Waals surface area (Å²) in [6.07, 6.45) is 0. The average Bonchev–Trinajstić information content (AvgIpc) is 2.38. The van der Waals surface area contributed by atoms with E-state index in [0.29, 0.717) is 5.75 Å². The predicted octanol–water partition coefficient (Wildman–Crippen LogP) is 3.05. The molecule has 20 heavy (non-hydrogen) atoms. The van der Waals surface area contributed by atoms with Gasteiger partial charge in [0.15, 0.2) is 0 Å². The molecule has 0 aromatic heterocycles. The third-order valence-corrected chi connectivity index (χ3v) is 3.38. The van der Waals surface area contributed by atoms with Crippen LogP contribution in [0.4, 0.5) is 0 Å². The smallest absolute Gasteiger partial charge is 0.318 e. The van der Waals surface area contributed by atoms with Crippen molar-refractivity contribution in [1.29, 1.82) is 0 Å². The molecule has 2 rings (SSSR count). The highest BCUT2D eigenvalue weighted by atomic mass is 16.8. The van der Waals surface area contributed by atoms with Crippen molar-refractivity contribution in [1.82, 2.24) is 0 Å². The summed E-state index contributed by atoms with van der Waals surface area (Å²) < 4.78 is 4.99. The van der Waals surface area contributed by atoms with E-state index in [4.69, 9.17) is 4.74 Å². The van der Waals surface area contributed by atoms with Crippen LogP contribution in [0.5, 0.6) is 5.75 Å². The molecule has 2 aromatic carbocycles. The summed E-state index contributed by atoms with van der Waals surface area (Å²) >= 11 is 0. The van der Waals surface area contributed by atoms with Gasteiger partial charge in [-0.15, -0.1) is 0 Å². The maximum atomic E-state index is 9.21. The molecular weight excluding hydrogens is 252 g/mol. The van der Waals surface area contributed by atoms with Crippen LogP contribution in [0.15, 0.2) is 54.6 Å². The molecule has 0 unspecified atom stereocenters. The zero-order valence-electron chi connectivity index (χ0n) is 12.0. The number of rotatable bonds is 4. The number of benzene rings is 2. The van der Waals surface area contributed by atoms with Crippen molar-refractivity contribution < 1.29 is 14.9 Å². The monoisotopic (exact) mass is 272 g/mol. The van der Waals surface area contributed by atoms with Crippen molar-refractivity contribution in [3.05, 3.63) is 65.7 Å². The average molecular weight is 272 g/mol. The lowest BCUT2D eigenvalue weighted by Crippen LogP contribution is -2.30. The lowest BCUT2D eigenvalue weighted by atomic mass is 9.78. The minimum absolute atomic E-state index is 0.123. The topological polar surface area (TPSA) is 49.7 Å². The first kappa shape index (κ1) is 14.6. The Kier molecular flexibility index (Phi) is 3.84. The Morgan fingerprint density at radius 1 is 0.750 bits per heavy atom. The second-order valence-corrected chi connectivity index (χ2v) is 5.55. The fourth-order valence-corrected chi connectivity index (χ4v) is 2.18. The lowest BCUT2D eigenvalue weighted by Gasteiger charge is -2.26. The van der Waals surface area contributed by atoms with E-state index in [9.17, 15) is 10.2 Å². The van der Waals surface area contributed by atoms with Gasteiger partial charge in [0.1, 0.15) is 5.75 Å². The molecule has 0 aliphatic carbocycles. The van der Waals surface area contributed by atoms with Crippen LogP contribution in [0.2, 0.25) is 0 Å². The van der Waals surface area contributed by atoms with E-state index >= 15 is 0 Å². The van der Waals surface area contributed by atoms with Gasteiger partial charge in [-0.3, -0.25) is 0 Å². The van der Waals surface area contributed by atoms with Gasteiger partial charge in [-0.1, -0.05) is 56.3 Å². The zero-order valence-corrected chi connectivity index (χ0v) is 12.0. The Bertz CT molecular complexity index is 551. The van der Waals surface area contributed by atoms with E-state index in [0.717, 1.165) is 5.56 Å². The summed E-state index contributed by atoms with van der Waals surface area (Å²) in [4.78, 5) is 0. The SMILES string of the molecule is CC(O)(O)Oc1ccc(C(C)(C)c2ccccc2)cc1. The maximum absolute atomic E-state index is 9.21. The van der Waals surface area contributed by atoms with Crippen LogP contribution in [0.1, 0.15) is 31.9 Å². The number of aliphatic hydroxyl groups is 2. The molecule has 0 bridgehead atoms. The van der Waals surface area contributed by atoms with Crippen molar-refractivity contribution in [2.45, 2.75) is 32.2 Å². The van der Waals surface area contributed by atoms with Crippen molar-refractivity contribution in [3.8, 4) is 5.75 Å². The van der Waals surface area contributed by atoms with Gasteiger partial charge in [-0.2, -0.15) is 0 Å². The quantitative estimate of drug-likeness (QED) is 0.841. The molecule has 0 heterocycles. The fraction of sp³-hybridized carbons (Fsp3) is 0.294. The maximum Gasteiger partial charge on any atom is 0.318 e. The normalized spacial score (nSPS) is 12.2. The van der Waals surface area contributed by atoms with E-state index in [-0.39, 0.29) is 5.41 Å².